The lowest BCUT2D eigenvalue weighted by Crippen LogP contribution is -2.65. The van der Waals surface area contributed by atoms with Gasteiger partial charge in [0.2, 0.25) is 0 Å². The van der Waals surface area contributed by atoms with Gasteiger partial charge in [-0.25, -0.2) is 0 Å². The van der Waals surface area contributed by atoms with E-state index in [1.807, 2.05) is 6.08 Å². The van der Waals surface area contributed by atoms with Gasteiger partial charge in [0.15, 0.2) is 5.78 Å². The topological polar surface area (TPSA) is 34.1 Å². The van der Waals surface area contributed by atoms with Crippen LogP contribution < -0.4 is 0 Å². The van der Waals surface area contributed by atoms with Crippen LogP contribution in [0.4, 0.5) is 13.2 Å². The van der Waals surface area contributed by atoms with Crippen LogP contribution in [0.2, 0.25) is 0 Å². The zero-order chi connectivity index (χ0) is 29.7. The highest BCUT2D eigenvalue weighted by Crippen LogP contribution is 2.75. The molecule has 0 bridgehead atoms. The van der Waals surface area contributed by atoms with Gasteiger partial charge in [-0.3, -0.25) is 9.59 Å². The summed E-state index contributed by atoms with van der Waals surface area (Å²) in [5.41, 5.74) is 1.29. The molecule has 2 nitrogen and oxygen atoms in total. The van der Waals surface area contributed by atoms with E-state index < -0.39 is 24.4 Å². The van der Waals surface area contributed by atoms with Crippen molar-refractivity contribution in [3.63, 3.8) is 0 Å². The normalized spacial score (nSPS) is 46.5. The van der Waals surface area contributed by atoms with Crippen LogP contribution in [-0.4, -0.2) is 17.7 Å². The molecule has 4 saturated carbocycles. The van der Waals surface area contributed by atoms with Gasteiger partial charge in [-0.05, 0) is 109 Å². The number of carbonyl (C=O) groups is 2. The van der Waals surface area contributed by atoms with E-state index in [1.54, 1.807) is 0 Å². The molecule has 0 spiro atoms. The van der Waals surface area contributed by atoms with Crippen LogP contribution in [0.3, 0.4) is 0 Å². The highest BCUT2D eigenvalue weighted by Gasteiger charge is 2.70. The Morgan fingerprint density at radius 1 is 1.00 bits per heavy atom. The van der Waals surface area contributed by atoms with E-state index in [2.05, 4.69) is 55.0 Å². The average Bonchev–Trinajstić information content (AvgIpc) is 2.85. The molecule has 0 aromatic rings. The largest absolute Gasteiger partial charge is 0.389 e. The number of halogens is 3. The van der Waals surface area contributed by atoms with E-state index in [4.69, 9.17) is 0 Å². The van der Waals surface area contributed by atoms with Gasteiger partial charge in [-0.2, -0.15) is 13.2 Å². The first-order chi connectivity index (χ1) is 18.3. The van der Waals surface area contributed by atoms with E-state index >= 15 is 0 Å². The minimum atomic E-state index is -4.35. The first-order valence-electron chi connectivity index (χ1n) is 15.8. The second-order valence-electron chi connectivity index (χ2n) is 16.2. The molecule has 0 saturated heterocycles. The Labute approximate surface area is 240 Å². The Morgan fingerprint density at radius 3 is 2.27 bits per heavy atom. The molecule has 0 amide bonds. The number of Topliss-reactive ketones (excluding diaryl/α,β-unsaturated/α-hetero) is 1. The molecule has 0 heterocycles. The molecule has 224 valence electrons. The van der Waals surface area contributed by atoms with Gasteiger partial charge in [-0.1, -0.05) is 66.2 Å². The van der Waals surface area contributed by atoms with Crippen LogP contribution in [-0.2, 0) is 9.59 Å². The molecule has 5 aliphatic rings. The lowest BCUT2D eigenvalue weighted by molar-refractivity contribution is -0.182. The number of ketones is 2. The maximum Gasteiger partial charge on any atom is 0.389 e. The molecular formula is C35H51F3O2. The molecule has 0 aromatic heterocycles. The van der Waals surface area contributed by atoms with E-state index in [1.165, 1.54) is 11.1 Å². The van der Waals surface area contributed by atoms with Crippen molar-refractivity contribution in [2.45, 2.75) is 132 Å². The number of carbonyl (C=O) groups excluding carboxylic acids is 2. The zero-order valence-electron chi connectivity index (χ0n) is 26.0. The molecule has 40 heavy (non-hydrogen) atoms. The molecule has 0 aromatic carbocycles. The molecule has 1 unspecified atom stereocenters. The zero-order valence-corrected chi connectivity index (χ0v) is 26.0. The number of alkyl halides is 3. The molecule has 0 radical (unpaired) electrons. The first-order valence-corrected chi connectivity index (χ1v) is 15.8. The third-order valence-corrected chi connectivity index (χ3v) is 14.1. The number of fused-ring (bicyclic) bond motifs is 7. The van der Waals surface area contributed by atoms with Crippen LogP contribution in [0.25, 0.3) is 0 Å². The summed E-state index contributed by atoms with van der Waals surface area (Å²) in [5, 5.41) is 0. The number of rotatable bonds is 4. The van der Waals surface area contributed by atoms with Crippen molar-refractivity contribution in [1.29, 1.82) is 0 Å². The summed E-state index contributed by atoms with van der Waals surface area (Å²) >= 11 is 0. The van der Waals surface area contributed by atoms with E-state index in [9.17, 15) is 22.8 Å². The molecule has 8 atom stereocenters. The minimum Gasteiger partial charge on any atom is -0.299 e. The Hall–Kier alpha value is -1.39. The van der Waals surface area contributed by atoms with Crippen molar-refractivity contribution < 1.29 is 22.8 Å². The Kier molecular flexibility index (Phi) is 6.81. The van der Waals surface area contributed by atoms with E-state index in [-0.39, 0.29) is 50.5 Å². The summed E-state index contributed by atoms with van der Waals surface area (Å²) in [5.74, 6) is -0.190. The standard InChI is InChI=1S/C35H51F3O2/c1-9-30(5)22(2)10-13-31(6)25(30)11-14-32(7)26(31)20-24(39)28-23-21-29(3,4)16-18-34(23,19-17-33(28,32)8)27(40)12-15-35(36,37)38/h20,23,25,28H,2,9-19,21H2,1,3-8H3/t23-,25-,28-,30?,31-,32+,33+,34-/m0/s1. The molecule has 5 heteroatoms. The van der Waals surface area contributed by atoms with Gasteiger partial charge < -0.3 is 0 Å². The van der Waals surface area contributed by atoms with E-state index in [0.29, 0.717) is 18.8 Å². The molecule has 5 aliphatic carbocycles. The van der Waals surface area contributed by atoms with Crippen molar-refractivity contribution in [2.24, 2.45) is 50.2 Å². The van der Waals surface area contributed by atoms with Crippen molar-refractivity contribution in [3.8, 4) is 0 Å². The second kappa shape index (κ2) is 9.06. The fourth-order valence-corrected chi connectivity index (χ4v) is 11.2. The predicted octanol–water partition coefficient (Wildman–Crippen LogP) is 9.82. The average molecular weight is 561 g/mol. The summed E-state index contributed by atoms with van der Waals surface area (Å²) in [6.45, 7) is 20.6. The quantitative estimate of drug-likeness (QED) is 0.321. The highest BCUT2D eigenvalue weighted by molar-refractivity contribution is 5.97. The third kappa shape index (κ3) is 4.01. The van der Waals surface area contributed by atoms with Gasteiger partial charge in [0.1, 0.15) is 5.78 Å². The van der Waals surface area contributed by atoms with Gasteiger partial charge in [-0.15, -0.1) is 0 Å². The van der Waals surface area contributed by atoms with Crippen molar-refractivity contribution in [3.05, 3.63) is 23.8 Å². The van der Waals surface area contributed by atoms with Crippen molar-refractivity contribution >= 4 is 11.6 Å². The second-order valence-corrected chi connectivity index (χ2v) is 16.2. The predicted molar refractivity (Wildman–Crippen MR) is 153 cm³/mol. The Bertz CT molecular complexity index is 1150. The third-order valence-electron chi connectivity index (χ3n) is 14.1. The van der Waals surface area contributed by atoms with Gasteiger partial charge in [0, 0.05) is 17.8 Å². The van der Waals surface area contributed by atoms with Crippen LogP contribution in [0.5, 0.6) is 0 Å². The summed E-state index contributed by atoms with van der Waals surface area (Å²) in [6.07, 6.45) is 4.74. The first kappa shape index (κ1) is 30.1. The van der Waals surface area contributed by atoms with Gasteiger partial charge in [0.05, 0.1) is 6.42 Å². The van der Waals surface area contributed by atoms with Crippen LogP contribution in [0.15, 0.2) is 23.8 Å². The van der Waals surface area contributed by atoms with Crippen LogP contribution >= 0.6 is 0 Å². The number of allylic oxidation sites excluding steroid dienone is 3. The summed E-state index contributed by atoms with van der Waals surface area (Å²) < 4.78 is 39.6. The monoisotopic (exact) mass is 560 g/mol. The highest BCUT2D eigenvalue weighted by atomic mass is 19.4. The maximum atomic E-state index is 14.5. The Balaban J connectivity index is 1.60. The molecule has 4 fully saturated rings. The fourth-order valence-electron chi connectivity index (χ4n) is 11.2. The lowest BCUT2D eigenvalue weighted by atomic mass is 9.33. The fraction of sp³-hybridized carbons (Fsp3) is 0.829. The van der Waals surface area contributed by atoms with Crippen LogP contribution in [0, 0.1) is 50.2 Å². The summed E-state index contributed by atoms with van der Waals surface area (Å²) in [7, 11) is 0. The summed E-state index contributed by atoms with van der Waals surface area (Å²) in [4.78, 5) is 28.3. The molecular weight excluding hydrogens is 509 g/mol. The minimum absolute atomic E-state index is 0.0434. The SMILES string of the molecule is C=C1CC[C@]2(C)C3=CC(=O)[C@@H]4[C@@H]5CC(C)(C)CC[C@]5(C(=O)CCC(F)(F)F)CC[C@@]4(C)[C@]3(C)CC[C@H]2C1(C)CC. The van der Waals surface area contributed by atoms with Crippen molar-refractivity contribution in [1.82, 2.24) is 0 Å². The van der Waals surface area contributed by atoms with Crippen molar-refractivity contribution in [2.75, 3.05) is 0 Å². The Morgan fingerprint density at radius 2 is 1.65 bits per heavy atom. The molecule has 0 N–H and O–H groups in total. The van der Waals surface area contributed by atoms with Gasteiger partial charge >= 0.3 is 6.18 Å². The lowest BCUT2D eigenvalue weighted by Gasteiger charge is -2.70. The smallest absolute Gasteiger partial charge is 0.299 e. The maximum absolute atomic E-state index is 14.5. The molecule has 5 rings (SSSR count). The van der Waals surface area contributed by atoms with Crippen LogP contribution in [0.1, 0.15) is 126 Å². The number of hydrogen-bond acceptors (Lipinski definition) is 2. The van der Waals surface area contributed by atoms with E-state index in [0.717, 1.165) is 51.4 Å². The molecule has 0 aliphatic heterocycles. The number of hydrogen-bond donors (Lipinski definition) is 0. The summed E-state index contributed by atoms with van der Waals surface area (Å²) in [6, 6.07) is 0. The van der Waals surface area contributed by atoms with Gasteiger partial charge in [0.25, 0.3) is 0 Å².